The summed E-state index contributed by atoms with van der Waals surface area (Å²) in [6.07, 6.45) is 5.41. The van der Waals surface area contributed by atoms with E-state index < -0.39 is 5.60 Å². The highest BCUT2D eigenvalue weighted by atomic mass is 16.6. The van der Waals surface area contributed by atoms with Gasteiger partial charge in [0, 0.05) is 12.7 Å². The highest BCUT2D eigenvalue weighted by Crippen LogP contribution is 2.13. The van der Waals surface area contributed by atoms with Gasteiger partial charge in [-0.15, -0.1) is 0 Å². The number of rotatable bonds is 2. The Balaban J connectivity index is 2.32. The highest BCUT2D eigenvalue weighted by Gasteiger charge is 2.16. The summed E-state index contributed by atoms with van der Waals surface area (Å²) in [6, 6.07) is 0. The molecule has 0 saturated carbocycles. The van der Waals surface area contributed by atoms with Crippen molar-refractivity contribution in [2.24, 2.45) is 0 Å². The third-order valence-corrected chi connectivity index (χ3v) is 1.82. The number of carbonyl (C=O) groups excluding carboxylic acids is 1. The standard InChI is InChI=1S/C11H18O3/c1-11(2,3)14-10(12)7-6-9-5-4-8-13-9/h6-7,9H,4-5,8H2,1-3H3/b7-6+/t9-/m1/s1. The molecule has 0 aromatic heterocycles. The molecule has 80 valence electrons. The van der Waals surface area contributed by atoms with Crippen LogP contribution < -0.4 is 0 Å². The van der Waals surface area contributed by atoms with E-state index in [2.05, 4.69) is 0 Å². The molecule has 0 N–H and O–H groups in total. The quantitative estimate of drug-likeness (QED) is 0.503. The molecule has 0 aromatic rings. The van der Waals surface area contributed by atoms with Gasteiger partial charge in [-0.05, 0) is 39.7 Å². The van der Waals surface area contributed by atoms with Crippen molar-refractivity contribution < 1.29 is 14.3 Å². The second kappa shape index (κ2) is 4.60. The molecule has 3 heteroatoms. The molecule has 0 aliphatic carbocycles. The zero-order chi connectivity index (χ0) is 10.6. The minimum absolute atomic E-state index is 0.0996. The van der Waals surface area contributed by atoms with E-state index in [1.807, 2.05) is 20.8 Å². The molecule has 0 radical (unpaired) electrons. The first kappa shape index (κ1) is 11.2. The molecule has 3 nitrogen and oxygen atoms in total. The Labute approximate surface area is 85.1 Å². The van der Waals surface area contributed by atoms with Gasteiger partial charge >= 0.3 is 5.97 Å². The lowest BCUT2D eigenvalue weighted by atomic mass is 10.2. The van der Waals surface area contributed by atoms with E-state index in [1.54, 1.807) is 6.08 Å². The van der Waals surface area contributed by atoms with Crippen LogP contribution in [0.15, 0.2) is 12.2 Å². The summed E-state index contributed by atoms with van der Waals surface area (Å²) in [5.74, 6) is -0.298. The van der Waals surface area contributed by atoms with E-state index in [0.717, 1.165) is 19.4 Å². The molecule has 1 aliphatic rings. The van der Waals surface area contributed by atoms with Gasteiger partial charge in [-0.25, -0.2) is 4.79 Å². The van der Waals surface area contributed by atoms with Crippen LogP contribution in [0.5, 0.6) is 0 Å². The van der Waals surface area contributed by atoms with Gasteiger partial charge in [0.1, 0.15) is 5.60 Å². The Morgan fingerprint density at radius 2 is 2.21 bits per heavy atom. The van der Waals surface area contributed by atoms with Crippen LogP contribution in [0.25, 0.3) is 0 Å². The van der Waals surface area contributed by atoms with Gasteiger partial charge in [0.2, 0.25) is 0 Å². The smallest absolute Gasteiger partial charge is 0.331 e. The number of carbonyl (C=O) groups is 1. The summed E-state index contributed by atoms with van der Waals surface area (Å²) in [6.45, 7) is 6.35. The van der Waals surface area contributed by atoms with Crippen molar-refractivity contribution in [1.82, 2.24) is 0 Å². The maximum absolute atomic E-state index is 11.3. The summed E-state index contributed by atoms with van der Waals surface area (Å²) >= 11 is 0. The van der Waals surface area contributed by atoms with Crippen molar-refractivity contribution in [1.29, 1.82) is 0 Å². The zero-order valence-electron chi connectivity index (χ0n) is 9.08. The summed E-state index contributed by atoms with van der Waals surface area (Å²) in [5.41, 5.74) is -0.419. The number of ether oxygens (including phenoxy) is 2. The van der Waals surface area contributed by atoms with Crippen molar-refractivity contribution in [3.63, 3.8) is 0 Å². The number of hydrogen-bond donors (Lipinski definition) is 0. The Morgan fingerprint density at radius 1 is 1.50 bits per heavy atom. The minimum Gasteiger partial charge on any atom is -0.457 e. The Bertz CT molecular complexity index is 219. The normalized spacial score (nSPS) is 22.9. The Hall–Kier alpha value is -0.830. The van der Waals surface area contributed by atoms with Crippen LogP contribution in [0.3, 0.4) is 0 Å². The maximum Gasteiger partial charge on any atom is 0.331 e. The molecular formula is C11H18O3. The van der Waals surface area contributed by atoms with E-state index in [0.29, 0.717) is 0 Å². The first-order valence-corrected chi connectivity index (χ1v) is 5.00. The van der Waals surface area contributed by atoms with Crippen molar-refractivity contribution in [2.75, 3.05) is 6.61 Å². The van der Waals surface area contributed by atoms with Crippen LogP contribution in [0, 0.1) is 0 Å². The summed E-state index contributed by atoms with van der Waals surface area (Å²) < 4.78 is 10.5. The Morgan fingerprint density at radius 3 is 2.71 bits per heavy atom. The first-order chi connectivity index (χ1) is 6.47. The SMILES string of the molecule is CC(C)(C)OC(=O)/C=C/[C@H]1CCCO1. The van der Waals surface area contributed by atoms with Gasteiger partial charge in [-0.3, -0.25) is 0 Å². The van der Waals surface area contributed by atoms with Gasteiger partial charge in [0.05, 0.1) is 6.10 Å². The van der Waals surface area contributed by atoms with Crippen molar-refractivity contribution in [3.8, 4) is 0 Å². The summed E-state index contributed by atoms with van der Waals surface area (Å²) in [5, 5.41) is 0. The van der Waals surface area contributed by atoms with Crippen LogP contribution in [-0.4, -0.2) is 24.3 Å². The predicted octanol–water partition coefficient (Wildman–Crippen LogP) is 2.06. The minimum atomic E-state index is -0.419. The molecule has 1 saturated heterocycles. The maximum atomic E-state index is 11.3. The third-order valence-electron chi connectivity index (χ3n) is 1.82. The molecule has 14 heavy (non-hydrogen) atoms. The molecule has 0 bridgehead atoms. The number of esters is 1. The van der Waals surface area contributed by atoms with Gasteiger partial charge in [0.15, 0.2) is 0 Å². The van der Waals surface area contributed by atoms with Gasteiger partial charge in [0.25, 0.3) is 0 Å². The van der Waals surface area contributed by atoms with Crippen LogP contribution in [0.1, 0.15) is 33.6 Å². The lowest BCUT2D eigenvalue weighted by Gasteiger charge is -2.18. The summed E-state index contributed by atoms with van der Waals surface area (Å²) in [4.78, 5) is 11.3. The predicted molar refractivity (Wildman–Crippen MR) is 54.0 cm³/mol. The fourth-order valence-corrected chi connectivity index (χ4v) is 1.28. The molecule has 1 rings (SSSR count). The third kappa shape index (κ3) is 4.42. The monoisotopic (exact) mass is 198 g/mol. The molecule has 1 atom stereocenters. The first-order valence-electron chi connectivity index (χ1n) is 5.00. The van der Waals surface area contributed by atoms with E-state index in [-0.39, 0.29) is 12.1 Å². The van der Waals surface area contributed by atoms with Crippen LogP contribution >= 0.6 is 0 Å². The van der Waals surface area contributed by atoms with Gasteiger partial charge in [-0.1, -0.05) is 0 Å². The van der Waals surface area contributed by atoms with Crippen molar-refractivity contribution in [3.05, 3.63) is 12.2 Å². The average Bonchev–Trinajstić information content (AvgIpc) is 2.49. The molecule has 1 heterocycles. The largest absolute Gasteiger partial charge is 0.457 e. The molecule has 0 unspecified atom stereocenters. The van der Waals surface area contributed by atoms with Crippen LogP contribution in [0.2, 0.25) is 0 Å². The second-order valence-electron chi connectivity index (χ2n) is 4.44. The van der Waals surface area contributed by atoms with Crippen LogP contribution in [0.4, 0.5) is 0 Å². The molecule has 1 aliphatic heterocycles. The lowest BCUT2D eigenvalue weighted by Crippen LogP contribution is -2.22. The molecule has 0 spiro atoms. The Kier molecular flexibility index (Phi) is 3.69. The molecular weight excluding hydrogens is 180 g/mol. The van der Waals surface area contributed by atoms with Gasteiger partial charge in [-0.2, -0.15) is 0 Å². The van der Waals surface area contributed by atoms with Gasteiger partial charge < -0.3 is 9.47 Å². The average molecular weight is 198 g/mol. The van der Waals surface area contributed by atoms with E-state index in [9.17, 15) is 4.79 Å². The van der Waals surface area contributed by atoms with Crippen molar-refractivity contribution >= 4 is 5.97 Å². The molecule has 1 fully saturated rings. The fourth-order valence-electron chi connectivity index (χ4n) is 1.28. The molecule has 0 amide bonds. The van der Waals surface area contributed by atoms with E-state index in [1.165, 1.54) is 6.08 Å². The van der Waals surface area contributed by atoms with Crippen LogP contribution in [-0.2, 0) is 14.3 Å². The van der Waals surface area contributed by atoms with E-state index in [4.69, 9.17) is 9.47 Å². The van der Waals surface area contributed by atoms with Crippen molar-refractivity contribution in [2.45, 2.75) is 45.3 Å². The summed E-state index contributed by atoms with van der Waals surface area (Å²) in [7, 11) is 0. The topological polar surface area (TPSA) is 35.5 Å². The number of hydrogen-bond acceptors (Lipinski definition) is 3. The second-order valence-corrected chi connectivity index (χ2v) is 4.44. The highest BCUT2D eigenvalue weighted by molar-refractivity contribution is 5.82. The molecule has 0 aromatic carbocycles. The zero-order valence-corrected chi connectivity index (χ0v) is 9.08. The van der Waals surface area contributed by atoms with E-state index >= 15 is 0 Å². The fraction of sp³-hybridized carbons (Fsp3) is 0.727. The lowest BCUT2D eigenvalue weighted by molar-refractivity contribution is -0.148.